The minimum absolute atomic E-state index is 1.65. The third-order valence-electron chi connectivity index (χ3n) is 0.0660. The van der Waals surface area contributed by atoms with Crippen LogP contribution in [0, 0.1) is 12.3 Å². The molecule has 0 saturated heterocycles. The lowest BCUT2D eigenvalue weighted by Crippen LogP contribution is -1.86. The average molecular weight is 120 g/mol. The van der Waals surface area contributed by atoms with Gasteiger partial charge >= 0.3 is 6.16 Å². The van der Waals surface area contributed by atoms with Crippen LogP contribution in [0.15, 0.2) is 0 Å². The lowest BCUT2D eigenvalue weighted by molar-refractivity contribution is -0.0884. The van der Waals surface area contributed by atoms with E-state index in [1.807, 2.05) is 0 Å². The Bertz CT molecular complexity index is 93.9. The van der Waals surface area contributed by atoms with E-state index >= 15 is 0 Å². The Kier molecular flexibility index (Phi) is 11.4. The van der Waals surface area contributed by atoms with Gasteiger partial charge in [0.25, 0.3) is 0 Å². The van der Waals surface area contributed by atoms with Crippen molar-refractivity contribution in [3.8, 4) is 12.3 Å². The maximum atomic E-state index is 10.0. The number of carbonyl (C=O) groups is 1. The topological polar surface area (TPSA) is 46.5 Å². The number of halogens is 1. The zero-order valence-electron chi connectivity index (χ0n) is 4.22. The van der Waals surface area contributed by atoms with Crippen molar-refractivity contribution in [2.24, 2.45) is 0 Å². The smallest absolute Gasteiger partial charge is 0.448 e. The molecule has 0 radical (unpaired) electrons. The molecule has 46 valence electrons. The quantitative estimate of drug-likeness (QED) is 0.488. The summed E-state index contributed by atoms with van der Waals surface area (Å²) in [7, 11) is 0. The van der Waals surface area contributed by atoms with Crippen molar-refractivity contribution in [3.05, 3.63) is 0 Å². The summed E-state index contributed by atoms with van der Waals surface area (Å²) in [4.78, 5) is 10.9. The standard InChI is InChI=1S/C3H4.CHFO3/c1-3-2;2-5-1(3)4/h1H,2H3;(H,3,4). The Hall–Kier alpha value is -1.24. The van der Waals surface area contributed by atoms with E-state index in [2.05, 4.69) is 17.3 Å². The van der Waals surface area contributed by atoms with E-state index < -0.39 is 6.16 Å². The summed E-state index contributed by atoms with van der Waals surface area (Å²) in [5.41, 5.74) is 0. The Morgan fingerprint density at radius 2 is 2.12 bits per heavy atom. The highest BCUT2D eigenvalue weighted by atomic mass is 19.3. The third-order valence-corrected chi connectivity index (χ3v) is 0.0660. The second-order valence-corrected chi connectivity index (χ2v) is 0.632. The lowest BCUT2D eigenvalue weighted by atomic mass is 10.9. The molecule has 1 N–H and O–H groups in total. The van der Waals surface area contributed by atoms with Crippen LogP contribution in [0.1, 0.15) is 6.92 Å². The average Bonchev–Trinajstić information content (AvgIpc) is 1.69. The van der Waals surface area contributed by atoms with Gasteiger partial charge in [0.1, 0.15) is 0 Å². The zero-order valence-corrected chi connectivity index (χ0v) is 4.22. The van der Waals surface area contributed by atoms with Gasteiger partial charge in [-0.3, -0.25) is 0 Å². The molecule has 0 aliphatic carbocycles. The molecular formula is C4H5FO3. The highest BCUT2D eigenvalue weighted by Gasteiger charge is 1.87. The summed E-state index contributed by atoms with van der Waals surface area (Å²) in [5, 5.41) is 7.12. The minimum atomic E-state index is -1.91. The monoisotopic (exact) mass is 120 g/mol. The van der Waals surface area contributed by atoms with Crippen molar-refractivity contribution in [1.82, 2.24) is 0 Å². The third kappa shape index (κ3) is 117. The summed E-state index contributed by atoms with van der Waals surface area (Å²) >= 11 is 0. The number of carboxylic acid groups (broad SMARTS) is 1. The maximum Gasteiger partial charge on any atom is 0.542 e. The van der Waals surface area contributed by atoms with Crippen molar-refractivity contribution in [2.75, 3.05) is 0 Å². The van der Waals surface area contributed by atoms with Gasteiger partial charge in [0.15, 0.2) is 0 Å². The van der Waals surface area contributed by atoms with Crippen LogP contribution < -0.4 is 0 Å². The van der Waals surface area contributed by atoms with E-state index in [1.54, 1.807) is 6.92 Å². The first-order chi connectivity index (χ1) is 3.68. The molecule has 0 amide bonds. The van der Waals surface area contributed by atoms with Crippen molar-refractivity contribution >= 4 is 6.16 Å². The van der Waals surface area contributed by atoms with Gasteiger partial charge in [-0.25, -0.2) is 9.74 Å². The predicted molar refractivity (Wildman–Crippen MR) is 24.7 cm³/mol. The Morgan fingerprint density at radius 3 is 2.12 bits per heavy atom. The summed E-state index contributed by atoms with van der Waals surface area (Å²) in [5.74, 6) is 2.25. The van der Waals surface area contributed by atoms with Gasteiger partial charge in [-0.2, -0.15) is 0 Å². The van der Waals surface area contributed by atoms with Crippen LogP contribution in [-0.4, -0.2) is 11.3 Å². The Balaban J connectivity index is 0. The summed E-state index contributed by atoms with van der Waals surface area (Å²) in [6.07, 6.45) is 2.69. The summed E-state index contributed by atoms with van der Waals surface area (Å²) in [6, 6.07) is 0. The van der Waals surface area contributed by atoms with Crippen LogP contribution in [0.3, 0.4) is 0 Å². The molecule has 0 aromatic rings. The van der Waals surface area contributed by atoms with E-state index in [0.717, 1.165) is 0 Å². The Labute approximate surface area is 46.0 Å². The van der Waals surface area contributed by atoms with Crippen molar-refractivity contribution in [3.63, 3.8) is 0 Å². The minimum Gasteiger partial charge on any atom is -0.448 e. The van der Waals surface area contributed by atoms with Crippen molar-refractivity contribution in [2.45, 2.75) is 6.92 Å². The predicted octanol–water partition coefficient (Wildman–Crippen LogP) is 1.21. The summed E-state index contributed by atoms with van der Waals surface area (Å²) < 4.78 is 10.0. The molecular weight excluding hydrogens is 115 g/mol. The maximum absolute atomic E-state index is 10.0. The lowest BCUT2D eigenvalue weighted by Gasteiger charge is -1.70. The Morgan fingerprint density at radius 1 is 2.00 bits per heavy atom. The molecule has 0 fully saturated rings. The number of hydrogen-bond acceptors (Lipinski definition) is 2. The van der Waals surface area contributed by atoms with Gasteiger partial charge in [-0.05, 0) is 6.92 Å². The number of hydrogen-bond donors (Lipinski definition) is 1. The molecule has 0 bridgehead atoms. The molecule has 8 heavy (non-hydrogen) atoms. The molecule has 0 rings (SSSR count). The molecule has 0 aromatic heterocycles. The first kappa shape index (κ1) is 9.90. The van der Waals surface area contributed by atoms with Crippen LogP contribution in [0.2, 0.25) is 0 Å². The fourth-order valence-electron chi connectivity index (χ4n) is 0. The highest BCUT2D eigenvalue weighted by Crippen LogP contribution is 1.69. The van der Waals surface area contributed by atoms with Crippen LogP contribution in [0.5, 0.6) is 0 Å². The van der Waals surface area contributed by atoms with Crippen molar-refractivity contribution < 1.29 is 19.4 Å². The van der Waals surface area contributed by atoms with Crippen LogP contribution in [-0.2, 0) is 4.94 Å². The molecule has 0 saturated carbocycles. The van der Waals surface area contributed by atoms with E-state index in [1.165, 1.54) is 0 Å². The summed E-state index contributed by atoms with van der Waals surface area (Å²) in [6.45, 7) is 1.65. The number of terminal acetylenes is 1. The highest BCUT2D eigenvalue weighted by molar-refractivity contribution is 5.55. The zero-order chi connectivity index (χ0) is 6.99. The van der Waals surface area contributed by atoms with Crippen LogP contribution in [0.25, 0.3) is 0 Å². The van der Waals surface area contributed by atoms with Gasteiger partial charge < -0.3 is 5.11 Å². The van der Waals surface area contributed by atoms with Crippen LogP contribution >= 0.6 is 0 Å². The van der Waals surface area contributed by atoms with E-state index in [9.17, 15) is 4.53 Å². The SMILES string of the molecule is C#CC.O=C(O)OF. The molecule has 0 aliphatic rings. The van der Waals surface area contributed by atoms with E-state index in [4.69, 9.17) is 9.90 Å². The molecule has 3 nitrogen and oxygen atoms in total. The fraction of sp³-hybridized carbons (Fsp3) is 0.250. The van der Waals surface area contributed by atoms with Gasteiger partial charge in [0.05, 0.1) is 0 Å². The van der Waals surface area contributed by atoms with Gasteiger partial charge in [0, 0.05) is 4.53 Å². The first-order valence-electron chi connectivity index (χ1n) is 1.57. The largest absolute Gasteiger partial charge is 0.542 e. The van der Waals surface area contributed by atoms with Crippen LogP contribution in [0.4, 0.5) is 9.32 Å². The normalized spacial score (nSPS) is 5.12. The molecule has 0 spiro atoms. The number of rotatable bonds is 0. The first-order valence-corrected chi connectivity index (χ1v) is 1.57. The van der Waals surface area contributed by atoms with Gasteiger partial charge in [0.2, 0.25) is 0 Å². The van der Waals surface area contributed by atoms with Gasteiger partial charge in [-0.1, -0.05) is 0 Å². The molecule has 4 heteroatoms. The van der Waals surface area contributed by atoms with Crippen molar-refractivity contribution in [1.29, 1.82) is 0 Å². The molecule has 0 aliphatic heterocycles. The molecule has 0 atom stereocenters. The second kappa shape index (κ2) is 9.23. The molecule has 0 unspecified atom stereocenters. The second-order valence-electron chi connectivity index (χ2n) is 0.632. The van der Waals surface area contributed by atoms with E-state index in [-0.39, 0.29) is 0 Å². The molecule has 0 heterocycles. The fourth-order valence-corrected chi connectivity index (χ4v) is 0. The molecule has 0 aromatic carbocycles. The van der Waals surface area contributed by atoms with E-state index in [0.29, 0.717) is 0 Å². The van der Waals surface area contributed by atoms with Gasteiger partial charge in [-0.15, -0.1) is 12.3 Å².